The van der Waals surface area contributed by atoms with Crippen molar-refractivity contribution in [1.29, 1.82) is 0 Å². The number of hydrogen-bond acceptors (Lipinski definition) is 3. The van der Waals surface area contributed by atoms with Crippen molar-refractivity contribution in [3.8, 4) is 0 Å². The third kappa shape index (κ3) is 3.33. The maximum Gasteiger partial charge on any atom is 0.257 e. The van der Waals surface area contributed by atoms with Crippen molar-refractivity contribution in [1.82, 2.24) is 14.6 Å². The Labute approximate surface area is 55.0 Å². The molecule has 0 fully saturated rings. The molecule has 0 radical (unpaired) electrons. The van der Waals surface area contributed by atoms with Crippen molar-refractivity contribution in [2.45, 2.75) is 6.55 Å². The molecule has 0 atom stereocenters. The highest BCUT2D eigenvalue weighted by molar-refractivity contribution is 6.60. The van der Waals surface area contributed by atoms with Crippen molar-refractivity contribution in [3.63, 3.8) is 0 Å². The zero-order chi connectivity index (χ0) is 6.41. The molecule has 0 heterocycles. The Balaban J connectivity index is 3.07. The van der Waals surface area contributed by atoms with E-state index < -0.39 is 9.28 Å². The van der Waals surface area contributed by atoms with E-state index in [1.807, 2.05) is 14.1 Å². The van der Waals surface area contributed by atoms with E-state index >= 15 is 0 Å². The number of nitrogens with one attached hydrogen (secondary N) is 3. The zero-order valence-corrected chi connectivity index (χ0v) is 8.35. The van der Waals surface area contributed by atoms with Crippen LogP contribution in [0.1, 0.15) is 0 Å². The largest absolute Gasteiger partial charge is 0.343 e. The summed E-state index contributed by atoms with van der Waals surface area (Å²) in [6.07, 6.45) is 0. The van der Waals surface area contributed by atoms with E-state index in [0.717, 1.165) is 0 Å². The summed E-state index contributed by atoms with van der Waals surface area (Å²) in [5.74, 6) is 0. The molecule has 8 heavy (non-hydrogen) atoms. The van der Waals surface area contributed by atoms with Crippen LogP contribution in [0.5, 0.6) is 0 Å². The van der Waals surface area contributed by atoms with E-state index in [9.17, 15) is 0 Å². The van der Waals surface area contributed by atoms with Crippen molar-refractivity contribution in [2.75, 3.05) is 14.1 Å². The van der Waals surface area contributed by atoms with Gasteiger partial charge in [0.2, 0.25) is 0 Å². The smallest absolute Gasteiger partial charge is 0.257 e. The maximum absolute atomic E-state index is 3.44. The summed E-state index contributed by atoms with van der Waals surface area (Å²) in [5, 5.41) is 0. The lowest BCUT2D eigenvalue weighted by molar-refractivity contribution is 1.04. The Morgan fingerprint density at radius 1 is 1.25 bits per heavy atom. The van der Waals surface area contributed by atoms with E-state index in [-0.39, 0.29) is 9.68 Å². The molecule has 0 amide bonds. The fourth-order valence-electron chi connectivity index (χ4n) is 0.553. The average molecular weight is 149 g/mol. The van der Waals surface area contributed by atoms with Crippen molar-refractivity contribution in [2.24, 2.45) is 0 Å². The van der Waals surface area contributed by atoms with Crippen LogP contribution in [0.25, 0.3) is 0 Å². The summed E-state index contributed by atoms with van der Waals surface area (Å²) in [7, 11) is 3.13. The highest BCUT2D eigenvalue weighted by Gasteiger charge is 1.99. The van der Waals surface area contributed by atoms with E-state index in [1.165, 1.54) is 0 Å². The van der Waals surface area contributed by atoms with Gasteiger partial charge in [-0.1, -0.05) is 6.55 Å². The van der Waals surface area contributed by atoms with Gasteiger partial charge in [0, 0.05) is 0 Å². The van der Waals surface area contributed by atoms with E-state index in [4.69, 9.17) is 0 Å². The van der Waals surface area contributed by atoms with Crippen molar-refractivity contribution >= 4 is 19.0 Å². The van der Waals surface area contributed by atoms with Crippen LogP contribution >= 0.6 is 0 Å². The van der Waals surface area contributed by atoms with Crippen LogP contribution < -0.4 is 14.6 Å². The van der Waals surface area contributed by atoms with Crippen LogP contribution in [-0.4, -0.2) is 33.1 Å². The first-order chi connectivity index (χ1) is 3.85. The summed E-state index contributed by atoms with van der Waals surface area (Å²) in [6.45, 7) is 2.24. The predicted octanol–water partition coefficient (Wildman–Crippen LogP) is -2.14. The second kappa shape index (κ2) is 5.45. The fraction of sp³-hybridized carbons (Fsp3) is 1.00. The van der Waals surface area contributed by atoms with Crippen LogP contribution in [0.2, 0.25) is 6.55 Å². The lowest BCUT2D eigenvalue weighted by Gasteiger charge is -2.11. The minimum atomic E-state index is -0.880. The van der Waals surface area contributed by atoms with Gasteiger partial charge in [-0.15, -0.1) is 0 Å². The van der Waals surface area contributed by atoms with Gasteiger partial charge in [0.15, 0.2) is 0 Å². The standard InChI is InChI=1S/C3H15N3Si2/c1-4-8(5-2)6-7-3/h4-6,8H,7H2,1-3H3. The molecule has 0 aliphatic heterocycles. The summed E-state index contributed by atoms with van der Waals surface area (Å²) < 4.78 is 3.44. The van der Waals surface area contributed by atoms with Crippen molar-refractivity contribution in [3.05, 3.63) is 0 Å². The van der Waals surface area contributed by atoms with Crippen LogP contribution in [0.15, 0.2) is 0 Å². The molecule has 5 heteroatoms. The van der Waals surface area contributed by atoms with Gasteiger partial charge in [-0.3, -0.25) is 0 Å². The Hall–Kier alpha value is 0.314. The molecule has 0 aromatic rings. The molecule has 3 N–H and O–H groups in total. The Kier molecular flexibility index (Phi) is 5.66. The van der Waals surface area contributed by atoms with Gasteiger partial charge >= 0.3 is 0 Å². The van der Waals surface area contributed by atoms with Crippen LogP contribution in [-0.2, 0) is 0 Å². The minimum Gasteiger partial charge on any atom is -0.343 e. The lowest BCUT2D eigenvalue weighted by atomic mass is 11.6. The highest BCUT2D eigenvalue weighted by Crippen LogP contribution is 1.54. The molecule has 0 saturated carbocycles. The minimum absolute atomic E-state index is 0.0313. The molecule has 50 valence electrons. The highest BCUT2D eigenvalue weighted by atomic mass is 28.3. The summed E-state index contributed by atoms with van der Waals surface area (Å²) in [6, 6.07) is 0. The first-order valence-corrected chi connectivity index (χ1v) is 6.78. The Bertz CT molecular complexity index is 47.8. The van der Waals surface area contributed by atoms with E-state index in [0.29, 0.717) is 0 Å². The first-order valence-electron chi connectivity index (χ1n) is 2.93. The molecule has 3 nitrogen and oxygen atoms in total. The fourth-order valence-corrected chi connectivity index (χ4v) is 4.11. The molecule has 0 rings (SSSR count). The first kappa shape index (κ1) is 8.31. The third-order valence-electron chi connectivity index (χ3n) is 0.986. The Morgan fingerprint density at radius 3 is 1.88 bits per heavy atom. The SMILES string of the molecule is CN[SiH](NC)N[SiH2]C. The van der Waals surface area contributed by atoms with Gasteiger partial charge in [0.05, 0.1) is 9.68 Å². The predicted molar refractivity (Wildman–Crippen MR) is 42.8 cm³/mol. The summed E-state index contributed by atoms with van der Waals surface area (Å²) in [5.41, 5.74) is 0. The molecule has 0 aliphatic carbocycles. The molecular weight excluding hydrogens is 134 g/mol. The molecule has 0 unspecified atom stereocenters. The average Bonchev–Trinajstić information content (AvgIpc) is 1.83. The van der Waals surface area contributed by atoms with Crippen molar-refractivity contribution < 1.29 is 0 Å². The Morgan fingerprint density at radius 2 is 1.75 bits per heavy atom. The van der Waals surface area contributed by atoms with Crippen LogP contribution in [0.4, 0.5) is 0 Å². The molecule has 0 aliphatic rings. The maximum atomic E-state index is 3.44. The summed E-state index contributed by atoms with van der Waals surface area (Å²) >= 11 is 0. The van der Waals surface area contributed by atoms with Crippen LogP contribution in [0.3, 0.4) is 0 Å². The van der Waals surface area contributed by atoms with Gasteiger partial charge in [-0.05, 0) is 14.1 Å². The normalized spacial score (nSPS) is 12.0. The molecule has 0 aromatic heterocycles. The second-order valence-corrected chi connectivity index (χ2v) is 5.93. The second-order valence-electron chi connectivity index (χ2n) is 1.57. The molecule has 0 bridgehead atoms. The molecule has 0 aromatic carbocycles. The van der Waals surface area contributed by atoms with Gasteiger partial charge in [0.25, 0.3) is 9.28 Å². The summed E-state index contributed by atoms with van der Waals surface area (Å²) in [4.78, 5) is 6.41. The molecule has 0 spiro atoms. The lowest BCUT2D eigenvalue weighted by Crippen LogP contribution is -2.56. The van der Waals surface area contributed by atoms with Gasteiger partial charge in [-0.25, -0.2) is 0 Å². The quantitative estimate of drug-likeness (QED) is 0.400. The van der Waals surface area contributed by atoms with Gasteiger partial charge < -0.3 is 14.6 Å². The van der Waals surface area contributed by atoms with E-state index in [2.05, 4.69) is 21.2 Å². The molecule has 0 saturated heterocycles. The van der Waals surface area contributed by atoms with E-state index in [1.54, 1.807) is 0 Å². The third-order valence-corrected chi connectivity index (χ3v) is 5.41. The van der Waals surface area contributed by atoms with Gasteiger partial charge in [0.1, 0.15) is 0 Å². The zero-order valence-electron chi connectivity index (χ0n) is 5.78. The number of hydrogen-bond donors (Lipinski definition) is 3. The van der Waals surface area contributed by atoms with Gasteiger partial charge in [-0.2, -0.15) is 0 Å². The molecular formula is C3H15N3Si2. The van der Waals surface area contributed by atoms with Crippen LogP contribution in [0, 0.1) is 0 Å². The topological polar surface area (TPSA) is 36.1 Å². The number of rotatable bonds is 4. The monoisotopic (exact) mass is 149 g/mol.